The molecule has 118 valence electrons. The number of nitrogens with one attached hydrogen (secondary N) is 2. The fourth-order valence-electron chi connectivity index (χ4n) is 3.59. The normalized spacial score (nSPS) is 26.3. The Morgan fingerprint density at radius 2 is 2.27 bits per heavy atom. The molecule has 3 atom stereocenters. The number of nitrogens with zero attached hydrogens (tertiary/aromatic N) is 1. The molecule has 5 nitrogen and oxygen atoms in total. The Bertz CT molecular complexity index is 591. The van der Waals surface area contributed by atoms with Crippen molar-refractivity contribution in [1.82, 2.24) is 10.7 Å². The second-order valence-electron chi connectivity index (χ2n) is 6.02. The molecule has 0 heterocycles. The quantitative estimate of drug-likeness (QED) is 0.452. The number of ether oxygens (including phenoxy) is 1. The molecule has 2 aliphatic rings. The molecule has 1 aromatic rings. The maximum absolute atomic E-state index is 9.96. The minimum atomic E-state index is 0.0718. The summed E-state index contributed by atoms with van der Waals surface area (Å²) in [5.41, 5.74) is 3.40. The van der Waals surface area contributed by atoms with Crippen LogP contribution in [0.5, 0.6) is 11.5 Å². The number of hydrogen-bond donors (Lipinski definition) is 3. The van der Waals surface area contributed by atoms with Crippen molar-refractivity contribution in [3.63, 3.8) is 0 Å². The van der Waals surface area contributed by atoms with Crippen LogP contribution in [0.25, 0.3) is 0 Å². The summed E-state index contributed by atoms with van der Waals surface area (Å²) in [4.78, 5) is 0. The van der Waals surface area contributed by atoms with Gasteiger partial charge in [-0.2, -0.15) is 5.10 Å². The van der Waals surface area contributed by atoms with E-state index in [1.165, 1.54) is 39.0 Å². The molecule has 0 aliphatic heterocycles. The van der Waals surface area contributed by atoms with Crippen LogP contribution in [0.15, 0.2) is 23.3 Å². The standard InChI is InChI=1S/C16H21N3O2S/c1-21-14-4-2-3-12(15(14)20)9-17-19-16(22)18-13-8-10-5-6-11(13)7-10/h2-4,9-11,13,20H,5-8H2,1H3,(H2,18,19,22)/b17-9-/t10-,11-,13-/m1/s1. The number of benzene rings is 1. The van der Waals surface area contributed by atoms with Crippen LogP contribution >= 0.6 is 12.2 Å². The molecule has 0 aromatic heterocycles. The van der Waals surface area contributed by atoms with Gasteiger partial charge in [-0.3, -0.25) is 5.43 Å². The van der Waals surface area contributed by atoms with E-state index in [-0.39, 0.29) is 5.75 Å². The maximum atomic E-state index is 9.96. The molecule has 0 saturated heterocycles. The monoisotopic (exact) mass is 319 g/mol. The number of thiocarbonyl (C=S) groups is 1. The average molecular weight is 319 g/mol. The smallest absolute Gasteiger partial charge is 0.187 e. The molecule has 22 heavy (non-hydrogen) atoms. The highest BCUT2D eigenvalue weighted by molar-refractivity contribution is 7.80. The largest absolute Gasteiger partial charge is 0.504 e. The second kappa shape index (κ2) is 6.52. The number of methoxy groups -OCH3 is 1. The zero-order valence-electron chi connectivity index (χ0n) is 12.6. The van der Waals surface area contributed by atoms with E-state index in [1.54, 1.807) is 18.2 Å². The van der Waals surface area contributed by atoms with E-state index in [4.69, 9.17) is 17.0 Å². The van der Waals surface area contributed by atoms with Crippen LogP contribution in [-0.2, 0) is 0 Å². The number of hydrazone groups is 1. The summed E-state index contributed by atoms with van der Waals surface area (Å²) in [5.74, 6) is 2.13. The molecular weight excluding hydrogens is 298 g/mol. The van der Waals surface area contributed by atoms with Gasteiger partial charge in [-0.05, 0) is 55.4 Å². The third-order valence-electron chi connectivity index (χ3n) is 4.67. The summed E-state index contributed by atoms with van der Waals surface area (Å²) in [6, 6.07) is 5.74. The molecule has 2 saturated carbocycles. The maximum Gasteiger partial charge on any atom is 0.187 e. The summed E-state index contributed by atoms with van der Waals surface area (Å²) >= 11 is 5.28. The minimum absolute atomic E-state index is 0.0718. The lowest BCUT2D eigenvalue weighted by molar-refractivity contribution is 0.373. The van der Waals surface area contributed by atoms with Gasteiger partial charge in [0.15, 0.2) is 16.6 Å². The molecule has 6 heteroatoms. The van der Waals surface area contributed by atoms with Gasteiger partial charge in [-0.15, -0.1) is 0 Å². The van der Waals surface area contributed by atoms with E-state index in [9.17, 15) is 5.11 Å². The second-order valence-corrected chi connectivity index (χ2v) is 6.43. The van der Waals surface area contributed by atoms with Gasteiger partial charge in [0.05, 0.1) is 13.3 Å². The summed E-state index contributed by atoms with van der Waals surface area (Å²) < 4.78 is 5.06. The average Bonchev–Trinajstić information content (AvgIpc) is 3.11. The number of hydrogen-bond acceptors (Lipinski definition) is 4. The van der Waals surface area contributed by atoms with Crippen LogP contribution < -0.4 is 15.5 Å². The Morgan fingerprint density at radius 3 is 2.95 bits per heavy atom. The van der Waals surface area contributed by atoms with Crippen LogP contribution in [0.1, 0.15) is 31.2 Å². The lowest BCUT2D eigenvalue weighted by Gasteiger charge is -2.23. The first kappa shape index (κ1) is 15.1. The molecule has 3 rings (SSSR count). The van der Waals surface area contributed by atoms with E-state index >= 15 is 0 Å². The van der Waals surface area contributed by atoms with Gasteiger partial charge in [0.1, 0.15) is 0 Å². The van der Waals surface area contributed by atoms with Crippen molar-refractivity contribution >= 4 is 23.5 Å². The number of fused-ring (bicyclic) bond motifs is 2. The Balaban J connectivity index is 1.52. The summed E-state index contributed by atoms with van der Waals surface area (Å²) in [7, 11) is 1.52. The Labute approximate surface area is 135 Å². The number of phenols is 1. The summed E-state index contributed by atoms with van der Waals surface area (Å²) in [6.45, 7) is 0. The third-order valence-corrected chi connectivity index (χ3v) is 4.88. The summed E-state index contributed by atoms with van der Waals surface area (Å²) in [5, 5.41) is 17.9. The van der Waals surface area contributed by atoms with Crippen molar-refractivity contribution in [2.45, 2.75) is 31.7 Å². The minimum Gasteiger partial charge on any atom is -0.504 e. The van der Waals surface area contributed by atoms with Crippen molar-refractivity contribution in [3.05, 3.63) is 23.8 Å². The Hall–Kier alpha value is -1.82. The number of para-hydroxylation sites is 1. The van der Waals surface area contributed by atoms with Crippen molar-refractivity contribution in [1.29, 1.82) is 0 Å². The van der Waals surface area contributed by atoms with E-state index in [0.717, 1.165) is 11.8 Å². The topological polar surface area (TPSA) is 65.9 Å². The van der Waals surface area contributed by atoms with E-state index in [1.807, 2.05) is 0 Å². The molecule has 1 aromatic carbocycles. The molecular formula is C16H21N3O2S. The third kappa shape index (κ3) is 3.16. The molecule has 2 bridgehead atoms. The van der Waals surface area contributed by atoms with E-state index < -0.39 is 0 Å². The van der Waals surface area contributed by atoms with Gasteiger partial charge in [0.25, 0.3) is 0 Å². The molecule has 3 N–H and O–H groups in total. The number of aromatic hydroxyl groups is 1. The molecule has 0 radical (unpaired) electrons. The molecule has 2 fully saturated rings. The Kier molecular flexibility index (Phi) is 4.47. The first-order valence-corrected chi connectivity index (χ1v) is 8.03. The lowest BCUT2D eigenvalue weighted by Crippen LogP contribution is -2.42. The van der Waals surface area contributed by atoms with Crippen molar-refractivity contribution in [2.24, 2.45) is 16.9 Å². The van der Waals surface area contributed by atoms with Crippen LogP contribution in [0, 0.1) is 11.8 Å². The van der Waals surface area contributed by atoms with Crippen molar-refractivity contribution in [3.8, 4) is 11.5 Å². The molecule has 2 aliphatic carbocycles. The zero-order valence-corrected chi connectivity index (χ0v) is 13.4. The Morgan fingerprint density at radius 1 is 1.41 bits per heavy atom. The first-order chi connectivity index (χ1) is 10.7. The fraction of sp³-hybridized carbons (Fsp3) is 0.500. The van der Waals surface area contributed by atoms with Gasteiger partial charge in [0.2, 0.25) is 0 Å². The predicted molar refractivity (Wildman–Crippen MR) is 90.4 cm³/mol. The highest BCUT2D eigenvalue weighted by Gasteiger charge is 2.39. The van der Waals surface area contributed by atoms with Crippen LogP contribution in [-0.4, -0.2) is 29.6 Å². The fourth-order valence-corrected chi connectivity index (χ4v) is 3.79. The SMILES string of the molecule is COc1cccc(/C=N\NC(=S)N[C@@H]2C[C@@H]3CC[C@@H]2C3)c1O. The van der Waals surface area contributed by atoms with Crippen LogP contribution in [0.3, 0.4) is 0 Å². The molecule has 0 amide bonds. The van der Waals surface area contributed by atoms with Gasteiger partial charge in [0, 0.05) is 11.6 Å². The van der Waals surface area contributed by atoms with Crippen LogP contribution in [0.4, 0.5) is 0 Å². The van der Waals surface area contributed by atoms with Gasteiger partial charge < -0.3 is 15.2 Å². The number of phenolic OH excluding ortho intramolecular Hbond substituents is 1. The zero-order chi connectivity index (χ0) is 15.5. The van der Waals surface area contributed by atoms with Gasteiger partial charge in [-0.1, -0.05) is 12.5 Å². The van der Waals surface area contributed by atoms with E-state index in [0.29, 0.717) is 22.5 Å². The molecule has 0 unspecified atom stereocenters. The lowest BCUT2D eigenvalue weighted by atomic mass is 9.96. The van der Waals surface area contributed by atoms with Crippen LogP contribution in [0.2, 0.25) is 0 Å². The number of rotatable bonds is 4. The van der Waals surface area contributed by atoms with Gasteiger partial charge in [-0.25, -0.2) is 0 Å². The van der Waals surface area contributed by atoms with E-state index in [2.05, 4.69) is 15.8 Å². The van der Waals surface area contributed by atoms with Gasteiger partial charge >= 0.3 is 0 Å². The predicted octanol–water partition coefficient (Wildman–Crippen LogP) is 2.39. The van der Waals surface area contributed by atoms with Crippen molar-refractivity contribution < 1.29 is 9.84 Å². The highest BCUT2D eigenvalue weighted by Crippen LogP contribution is 2.44. The first-order valence-electron chi connectivity index (χ1n) is 7.63. The van der Waals surface area contributed by atoms with Crippen molar-refractivity contribution in [2.75, 3.05) is 7.11 Å². The highest BCUT2D eigenvalue weighted by atomic mass is 32.1. The summed E-state index contributed by atoms with van der Waals surface area (Å²) in [6.07, 6.45) is 6.77. The molecule has 0 spiro atoms.